The lowest BCUT2D eigenvalue weighted by Crippen LogP contribution is -1.95. The highest BCUT2D eigenvalue weighted by molar-refractivity contribution is 5.56. The van der Waals surface area contributed by atoms with Gasteiger partial charge in [0, 0.05) is 12.2 Å². The molecule has 2 aromatic carbocycles. The van der Waals surface area contributed by atoms with Gasteiger partial charge in [0.2, 0.25) is 11.6 Å². The first-order chi connectivity index (χ1) is 13.1. The summed E-state index contributed by atoms with van der Waals surface area (Å²) in [5.74, 6) is 0.471. The van der Waals surface area contributed by atoms with Crippen molar-refractivity contribution in [2.45, 2.75) is 18.9 Å². The number of nitrogens with zero attached hydrogens (tertiary/aromatic N) is 3. The van der Waals surface area contributed by atoms with Crippen LogP contribution in [-0.2, 0) is 4.74 Å². The Morgan fingerprint density at radius 2 is 2.04 bits per heavy atom. The molecule has 1 fully saturated rings. The molecule has 1 atom stereocenters. The first kappa shape index (κ1) is 17.1. The number of benzene rings is 2. The highest BCUT2D eigenvalue weighted by Crippen LogP contribution is 2.33. The molecule has 27 heavy (non-hydrogen) atoms. The average Bonchev–Trinajstić information content (AvgIpc) is 3.35. The zero-order valence-corrected chi connectivity index (χ0v) is 14.0. The van der Waals surface area contributed by atoms with E-state index in [1.807, 2.05) is 0 Å². The predicted molar refractivity (Wildman–Crippen MR) is 90.8 cm³/mol. The fourth-order valence-corrected chi connectivity index (χ4v) is 2.77. The van der Waals surface area contributed by atoms with Crippen LogP contribution in [0.5, 0.6) is 11.5 Å². The second-order valence-corrected chi connectivity index (χ2v) is 5.95. The lowest BCUT2D eigenvalue weighted by molar-refractivity contribution is -0.385. The van der Waals surface area contributed by atoms with E-state index in [4.69, 9.17) is 14.0 Å². The second kappa shape index (κ2) is 7.12. The van der Waals surface area contributed by atoms with Crippen molar-refractivity contribution in [2.24, 2.45) is 0 Å². The van der Waals surface area contributed by atoms with E-state index < -0.39 is 16.4 Å². The van der Waals surface area contributed by atoms with Crippen LogP contribution in [0, 0.1) is 15.9 Å². The minimum absolute atomic E-state index is 0.0469. The number of halogens is 1. The van der Waals surface area contributed by atoms with Gasteiger partial charge >= 0.3 is 5.69 Å². The molecule has 0 amide bonds. The van der Waals surface area contributed by atoms with Gasteiger partial charge in [-0.25, -0.2) is 4.39 Å². The molecule has 0 aliphatic carbocycles. The molecule has 3 aromatic rings. The van der Waals surface area contributed by atoms with E-state index in [0.29, 0.717) is 29.6 Å². The highest BCUT2D eigenvalue weighted by atomic mass is 19.1. The highest BCUT2D eigenvalue weighted by Gasteiger charge is 2.24. The smallest absolute Gasteiger partial charge is 0.314 e. The molecule has 0 radical (unpaired) electrons. The van der Waals surface area contributed by atoms with Crippen LogP contribution in [0.3, 0.4) is 0 Å². The number of hydrogen-bond donors (Lipinski definition) is 0. The molecule has 0 saturated carbocycles. The van der Waals surface area contributed by atoms with Gasteiger partial charge in [-0.1, -0.05) is 5.16 Å². The maximum atomic E-state index is 13.2. The second-order valence-electron chi connectivity index (χ2n) is 5.95. The Kier molecular flexibility index (Phi) is 4.51. The summed E-state index contributed by atoms with van der Waals surface area (Å²) >= 11 is 0. The van der Waals surface area contributed by atoms with Crippen molar-refractivity contribution in [2.75, 3.05) is 6.61 Å². The molecule has 1 unspecified atom stereocenters. The van der Waals surface area contributed by atoms with Crippen LogP contribution in [0.4, 0.5) is 10.1 Å². The summed E-state index contributed by atoms with van der Waals surface area (Å²) in [5, 5.41) is 15.0. The summed E-state index contributed by atoms with van der Waals surface area (Å²) in [4.78, 5) is 14.7. The van der Waals surface area contributed by atoms with E-state index in [-0.39, 0.29) is 11.9 Å². The molecular formula is C18H14FN3O5. The average molecular weight is 371 g/mol. The van der Waals surface area contributed by atoms with Crippen LogP contribution in [-0.4, -0.2) is 21.7 Å². The van der Waals surface area contributed by atoms with E-state index >= 15 is 0 Å². The fraction of sp³-hybridized carbons (Fsp3) is 0.222. The van der Waals surface area contributed by atoms with Crippen molar-refractivity contribution in [1.82, 2.24) is 10.1 Å². The maximum Gasteiger partial charge on any atom is 0.314 e. The van der Waals surface area contributed by atoms with Crippen molar-refractivity contribution in [3.63, 3.8) is 0 Å². The molecule has 9 heteroatoms. The van der Waals surface area contributed by atoms with Gasteiger partial charge in [-0.15, -0.1) is 0 Å². The van der Waals surface area contributed by atoms with Gasteiger partial charge in [-0.3, -0.25) is 10.1 Å². The minimum atomic E-state index is -0.705. The molecule has 1 aromatic heterocycles. The first-order valence-electron chi connectivity index (χ1n) is 8.27. The van der Waals surface area contributed by atoms with Crippen LogP contribution >= 0.6 is 0 Å². The monoisotopic (exact) mass is 371 g/mol. The third-order valence-electron chi connectivity index (χ3n) is 4.10. The molecule has 0 bridgehead atoms. The molecule has 2 heterocycles. The number of nitro benzene ring substituents is 1. The van der Waals surface area contributed by atoms with Gasteiger partial charge in [0.1, 0.15) is 17.7 Å². The van der Waals surface area contributed by atoms with Gasteiger partial charge < -0.3 is 14.0 Å². The van der Waals surface area contributed by atoms with Gasteiger partial charge in [0.05, 0.1) is 11.0 Å². The molecular weight excluding hydrogens is 357 g/mol. The maximum absolute atomic E-state index is 13.2. The van der Waals surface area contributed by atoms with E-state index in [2.05, 4.69) is 10.1 Å². The van der Waals surface area contributed by atoms with Crippen LogP contribution in [0.25, 0.3) is 11.4 Å². The molecule has 1 aliphatic heterocycles. The molecule has 1 saturated heterocycles. The van der Waals surface area contributed by atoms with E-state index in [1.165, 1.54) is 6.07 Å². The van der Waals surface area contributed by atoms with Gasteiger partial charge in [-0.05, 0) is 49.2 Å². The van der Waals surface area contributed by atoms with Crippen molar-refractivity contribution < 1.29 is 23.3 Å². The molecule has 138 valence electrons. The molecule has 8 nitrogen and oxygen atoms in total. The third-order valence-corrected chi connectivity index (χ3v) is 4.10. The minimum Gasteiger partial charge on any atom is -0.450 e. The normalized spacial score (nSPS) is 16.4. The quantitative estimate of drug-likeness (QED) is 0.483. The van der Waals surface area contributed by atoms with E-state index in [1.54, 1.807) is 24.3 Å². The first-order valence-corrected chi connectivity index (χ1v) is 8.27. The number of aromatic nitrogens is 2. The van der Waals surface area contributed by atoms with E-state index in [9.17, 15) is 14.5 Å². The summed E-state index contributed by atoms with van der Waals surface area (Å²) in [6.07, 6.45) is 1.65. The van der Waals surface area contributed by atoms with Crippen molar-refractivity contribution >= 4 is 5.69 Å². The van der Waals surface area contributed by atoms with Crippen molar-refractivity contribution in [3.05, 3.63) is 64.3 Å². The summed E-state index contributed by atoms with van der Waals surface area (Å²) in [6.45, 7) is 0.684. The van der Waals surface area contributed by atoms with Crippen molar-refractivity contribution in [1.29, 1.82) is 0 Å². The molecule has 1 aliphatic rings. The number of hydrogen-bond acceptors (Lipinski definition) is 7. The zero-order chi connectivity index (χ0) is 18.8. The number of nitro groups is 1. The summed E-state index contributed by atoms with van der Waals surface area (Å²) < 4.78 is 29.5. The number of rotatable bonds is 5. The lowest BCUT2D eigenvalue weighted by atomic mass is 10.2. The van der Waals surface area contributed by atoms with Crippen LogP contribution in [0.1, 0.15) is 24.8 Å². The Morgan fingerprint density at radius 1 is 1.22 bits per heavy atom. The van der Waals surface area contributed by atoms with E-state index in [0.717, 1.165) is 25.0 Å². The van der Waals surface area contributed by atoms with Gasteiger partial charge in [0.25, 0.3) is 5.89 Å². The largest absolute Gasteiger partial charge is 0.450 e. The zero-order valence-electron chi connectivity index (χ0n) is 14.0. The van der Waals surface area contributed by atoms with Crippen molar-refractivity contribution in [3.8, 4) is 22.9 Å². The molecule has 0 N–H and O–H groups in total. The Balaban J connectivity index is 1.52. The SMILES string of the molecule is O=[N+]([O-])c1cc(F)ccc1Oc1ccc(-c2noc(C3CCCO3)n2)cc1. The molecule has 0 spiro atoms. The number of ether oxygens (including phenoxy) is 2. The lowest BCUT2D eigenvalue weighted by Gasteiger charge is -2.06. The van der Waals surface area contributed by atoms with Gasteiger partial charge in [0.15, 0.2) is 0 Å². The Hall–Kier alpha value is -3.33. The van der Waals surface area contributed by atoms with Crippen LogP contribution < -0.4 is 4.74 Å². The summed E-state index contributed by atoms with van der Waals surface area (Å²) in [5.41, 5.74) is 0.252. The summed E-state index contributed by atoms with van der Waals surface area (Å²) in [7, 11) is 0. The molecule has 4 rings (SSSR count). The fourth-order valence-electron chi connectivity index (χ4n) is 2.77. The third kappa shape index (κ3) is 3.63. The predicted octanol–water partition coefficient (Wildman–Crippen LogP) is 4.43. The van der Waals surface area contributed by atoms with Crippen LogP contribution in [0.15, 0.2) is 47.0 Å². The Bertz CT molecular complexity index is 967. The topological polar surface area (TPSA) is 101 Å². The standard InChI is InChI=1S/C18H14FN3O5/c19-12-5-8-15(14(10-12)22(23)24)26-13-6-3-11(4-7-13)17-20-18(27-21-17)16-2-1-9-25-16/h3-8,10,16H,1-2,9H2. The van der Waals surface area contributed by atoms with Crippen LogP contribution in [0.2, 0.25) is 0 Å². The Morgan fingerprint density at radius 3 is 2.74 bits per heavy atom. The Labute approximate surface area is 152 Å². The summed E-state index contributed by atoms with van der Waals surface area (Å²) in [6, 6.07) is 9.77. The van der Waals surface area contributed by atoms with Gasteiger partial charge in [-0.2, -0.15) is 4.98 Å².